The van der Waals surface area contributed by atoms with Gasteiger partial charge in [0.25, 0.3) is 0 Å². The summed E-state index contributed by atoms with van der Waals surface area (Å²) in [6.07, 6.45) is 3.59. The molecule has 1 heterocycles. The molecule has 0 aliphatic rings. The normalized spacial score (nSPS) is 7.15. The van der Waals surface area contributed by atoms with Crippen LogP contribution in [0.3, 0.4) is 0 Å². The number of pyridine rings is 1. The van der Waals surface area contributed by atoms with Crippen molar-refractivity contribution in [2.75, 3.05) is 0 Å². The second-order valence-corrected chi connectivity index (χ2v) is 1.88. The summed E-state index contributed by atoms with van der Waals surface area (Å²) < 4.78 is 0. The molecule has 0 aromatic carbocycles. The van der Waals surface area contributed by atoms with Crippen molar-refractivity contribution in [2.24, 2.45) is 0 Å². The molecule has 0 fully saturated rings. The minimum absolute atomic E-state index is 1.03. The lowest BCUT2D eigenvalue weighted by Gasteiger charge is -1.94. The molecular formula is C12H21N. The lowest BCUT2D eigenvalue weighted by Crippen LogP contribution is -1.82. The van der Waals surface area contributed by atoms with Crippen LogP contribution in [0, 0.1) is 6.92 Å². The van der Waals surface area contributed by atoms with Gasteiger partial charge in [-0.3, -0.25) is 4.98 Å². The molecule has 13 heavy (non-hydrogen) atoms. The van der Waals surface area contributed by atoms with Crippen molar-refractivity contribution in [3.05, 3.63) is 36.2 Å². The van der Waals surface area contributed by atoms with Crippen LogP contribution in [0.1, 0.15) is 39.0 Å². The van der Waals surface area contributed by atoms with Gasteiger partial charge in [0, 0.05) is 11.9 Å². The molecule has 0 aliphatic carbocycles. The zero-order valence-electron chi connectivity index (χ0n) is 9.46. The molecule has 1 heteroatoms. The van der Waals surface area contributed by atoms with Crippen LogP contribution < -0.4 is 0 Å². The van der Waals surface area contributed by atoms with Gasteiger partial charge in [-0.1, -0.05) is 46.4 Å². The smallest absolute Gasteiger partial charge is 0.0444 e. The predicted octanol–water partition coefficient (Wildman–Crippen LogP) is 4.09. The van der Waals surface area contributed by atoms with Gasteiger partial charge < -0.3 is 0 Å². The summed E-state index contributed by atoms with van der Waals surface area (Å²) in [6, 6.07) is 3.90. The van der Waals surface area contributed by atoms with E-state index in [2.05, 4.69) is 11.6 Å². The lowest BCUT2D eigenvalue weighted by molar-refractivity contribution is 1.19. The maximum atomic E-state index is 4.08. The van der Waals surface area contributed by atoms with Gasteiger partial charge in [-0.15, -0.1) is 0 Å². The molecule has 0 spiro atoms. The summed E-state index contributed by atoms with van der Waals surface area (Å²) in [5.41, 5.74) is 2.14. The molecule has 1 aromatic rings. The van der Waals surface area contributed by atoms with Gasteiger partial charge in [0.15, 0.2) is 0 Å². The largest absolute Gasteiger partial charge is 0.261 e. The Labute approximate surface area is 82.5 Å². The van der Waals surface area contributed by atoms with Gasteiger partial charge in [0.2, 0.25) is 0 Å². The van der Waals surface area contributed by atoms with Crippen LogP contribution in [0.15, 0.2) is 24.9 Å². The molecule has 0 saturated heterocycles. The SMILES string of the molecule is C=Cc1cccnc1C.CC.CC. The molecule has 1 aromatic heterocycles. The van der Waals surface area contributed by atoms with Crippen molar-refractivity contribution in [3.8, 4) is 0 Å². The Morgan fingerprint density at radius 2 is 1.77 bits per heavy atom. The van der Waals surface area contributed by atoms with E-state index in [1.54, 1.807) is 6.20 Å². The highest BCUT2D eigenvalue weighted by Gasteiger charge is 1.88. The first-order chi connectivity index (χ1) is 6.34. The highest BCUT2D eigenvalue weighted by Crippen LogP contribution is 2.03. The second-order valence-electron chi connectivity index (χ2n) is 1.88. The first kappa shape index (κ1) is 14.4. The molecule has 0 bridgehead atoms. The van der Waals surface area contributed by atoms with Gasteiger partial charge in [0.05, 0.1) is 0 Å². The molecule has 0 saturated carbocycles. The fraction of sp³-hybridized carbons (Fsp3) is 0.417. The van der Waals surface area contributed by atoms with Crippen molar-refractivity contribution in [2.45, 2.75) is 34.6 Å². The zero-order valence-corrected chi connectivity index (χ0v) is 9.46. The third-order valence-electron chi connectivity index (χ3n) is 1.27. The fourth-order valence-corrected chi connectivity index (χ4v) is 0.712. The summed E-state index contributed by atoms with van der Waals surface area (Å²) in [6.45, 7) is 13.6. The van der Waals surface area contributed by atoms with Crippen molar-refractivity contribution >= 4 is 6.08 Å². The average molecular weight is 179 g/mol. The highest BCUT2D eigenvalue weighted by atomic mass is 14.7. The molecule has 0 atom stereocenters. The molecule has 1 rings (SSSR count). The maximum absolute atomic E-state index is 4.08. The van der Waals surface area contributed by atoms with Crippen LogP contribution in [0.5, 0.6) is 0 Å². The van der Waals surface area contributed by atoms with Crippen LogP contribution in [0.2, 0.25) is 0 Å². The van der Waals surface area contributed by atoms with E-state index >= 15 is 0 Å². The van der Waals surface area contributed by atoms with Crippen molar-refractivity contribution in [3.63, 3.8) is 0 Å². The van der Waals surface area contributed by atoms with E-state index in [-0.39, 0.29) is 0 Å². The topological polar surface area (TPSA) is 12.9 Å². The van der Waals surface area contributed by atoms with E-state index in [0.717, 1.165) is 11.3 Å². The summed E-state index contributed by atoms with van der Waals surface area (Å²) in [5.74, 6) is 0. The van der Waals surface area contributed by atoms with E-state index in [0.29, 0.717) is 0 Å². The lowest BCUT2D eigenvalue weighted by atomic mass is 10.2. The molecule has 0 unspecified atom stereocenters. The predicted molar refractivity (Wildman–Crippen MR) is 61.8 cm³/mol. The van der Waals surface area contributed by atoms with E-state index in [1.165, 1.54) is 0 Å². The number of aryl methyl sites for hydroxylation is 1. The monoisotopic (exact) mass is 179 g/mol. The first-order valence-electron chi connectivity index (χ1n) is 4.88. The number of rotatable bonds is 1. The van der Waals surface area contributed by atoms with Crippen LogP contribution >= 0.6 is 0 Å². The molecular weight excluding hydrogens is 158 g/mol. The number of aromatic nitrogens is 1. The quantitative estimate of drug-likeness (QED) is 0.633. The molecule has 0 aliphatic heterocycles. The Hall–Kier alpha value is -1.11. The fourth-order valence-electron chi connectivity index (χ4n) is 0.712. The number of hydrogen-bond acceptors (Lipinski definition) is 1. The summed E-state index contributed by atoms with van der Waals surface area (Å²) in [4.78, 5) is 4.08. The van der Waals surface area contributed by atoms with Crippen molar-refractivity contribution in [1.82, 2.24) is 4.98 Å². The summed E-state index contributed by atoms with van der Waals surface area (Å²) >= 11 is 0. The van der Waals surface area contributed by atoms with Crippen LogP contribution in [0.4, 0.5) is 0 Å². The third kappa shape index (κ3) is 6.09. The third-order valence-corrected chi connectivity index (χ3v) is 1.27. The van der Waals surface area contributed by atoms with E-state index in [9.17, 15) is 0 Å². The Bertz CT molecular complexity index is 216. The van der Waals surface area contributed by atoms with Gasteiger partial charge in [-0.25, -0.2) is 0 Å². The molecule has 74 valence electrons. The van der Waals surface area contributed by atoms with Crippen LogP contribution in [-0.2, 0) is 0 Å². The van der Waals surface area contributed by atoms with Gasteiger partial charge in [-0.05, 0) is 18.6 Å². The van der Waals surface area contributed by atoms with E-state index < -0.39 is 0 Å². The second kappa shape index (κ2) is 10.9. The van der Waals surface area contributed by atoms with E-state index in [1.807, 2.05) is 52.8 Å². The van der Waals surface area contributed by atoms with Gasteiger partial charge in [-0.2, -0.15) is 0 Å². The average Bonchev–Trinajstić information content (AvgIpc) is 2.24. The Kier molecular flexibility index (Phi) is 12.1. The highest BCUT2D eigenvalue weighted by molar-refractivity contribution is 5.48. The van der Waals surface area contributed by atoms with E-state index in [4.69, 9.17) is 0 Å². The van der Waals surface area contributed by atoms with Crippen molar-refractivity contribution in [1.29, 1.82) is 0 Å². The van der Waals surface area contributed by atoms with Gasteiger partial charge >= 0.3 is 0 Å². The number of nitrogens with zero attached hydrogens (tertiary/aromatic N) is 1. The molecule has 0 amide bonds. The zero-order chi connectivity index (χ0) is 10.7. The Balaban J connectivity index is 0. The summed E-state index contributed by atoms with van der Waals surface area (Å²) in [5, 5.41) is 0. The molecule has 0 N–H and O–H groups in total. The standard InChI is InChI=1S/C8H9N.2C2H6/c1-3-8-5-4-6-9-7(8)2;2*1-2/h3-6H,1H2,2H3;2*1-2H3. The molecule has 1 nitrogen and oxygen atoms in total. The molecule has 0 radical (unpaired) electrons. The maximum Gasteiger partial charge on any atom is 0.0444 e. The van der Waals surface area contributed by atoms with Crippen molar-refractivity contribution < 1.29 is 0 Å². The first-order valence-corrected chi connectivity index (χ1v) is 4.88. The Morgan fingerprint density at radius 1 is 1.23 bits per heavy atom. The Morgan fingerprint density at radius 3 is 2.08 bits per heavy atom. The minimum atomic E-state index is 1.03. The van der Waals surface area contributed by atoms with Crippen LogP contribution in [0.25, 0.3) is 6.08 Å². The van der Waals surface area contributed by atoms with Gasteiger partial charge in [0.1, 0.15) is 0 Å². The van der Waals surface area contributed by atoms with Crippen LogP contribution in [-0.4, -0.2) is 4.98 Å². The number of hydrogen-bond donors (Lipinski definition) is 0. The summed E-state index contributed by atoms with van der Waals surface area (Å²) in [7, 11) is 0. The minimum Gasteiger partial charge on any atom is -0.261 e.